The van der Waals surface area contributed by atoms with Gasteiger partial charge in [0.05, 0.1) is 26.0 Å². The van der Waals surface area contributed by atoms with Gasteiger partial charge in [0.15, 0.2) is 0 Å². The molecule has 1 aromatic rings. The molecule has 1 aromatic carbocycles. The third kappa shape index (κ3) is 3.88. The summed E-state index contributed by atoms with van der Waals surface area (Å²) in [5, 5.41) is 11.7. The van der Waals surface area contributed by atoms with E-state index in [1.807, 2.05) is 13.0 Å². The normalized spacial score (nSPS) is 11.3. The first kappa shape index (κ1) is 14.8. The molecule has 1 amide bonds. The van der Waals surface area contributed by atoms with E-state index in [-0.39, 0.29) is 5.91 Å². The number of rotatable bonds is 6. The Morgan fingerprint density at radius 2 is 2.16 bits per heavy atom. The molecule has 5 nitrogen and oxygen atoms in total. The molecule has 0 heterocycles. The Kier molecular flexibility index (Phi) is 5.68. The van der Waals surface area contributed by atoms with Crippen molar-refractivity contribution in [2.24, 2.45) is 5.92 Å². The van der Waals surface area contributed by atoms with Crippen LogP contribution in [0.1, 0.15) is 19.8 Å². The van der Waals surface area contributed by atoms with E-state index in [1.165, 1.54) is 7.11 Å². The molecule has 19 heavy (non-hydrogen) atoms. The Bertz CT molecular complexity index is 480. The summed E-state index contributed by atoms with van der Waals surface area (Å²) in [5.74, 6) is 0.166. The van der Waals surface area contributed by atoms with Crippen molar-refractivity contribution in [3.05, 3.63) is 18.2 Å². The van der Waals surface area contributed by atoms with E-state index >= 15 is 0 Å². The summed E-state index contributed by atoms with van der Waals surface area (Å²) < 4.78 is 10.3. The highest BCUT2D eigenvalue weighted by Crippen LogP contribution is 2.29. The van der Waals surface area contributed by atoms with Crippen molar-refractivity contribution in [1.82, 2.24) is 0 Å². The average Bonchev–Trinajstić information content (AvgIpc) is 2.44. The second kappa shape index (κ2) is 7.27. The summed E-state index contributed by atoms with van der Waals surface area (Å²) in [7, 11) is 3.06. The van der Waals surface area contributed by atoms with Crippen molar-refractivity contribution in [3.8, 4) is 17.6 Å². The molecule has 1 unspecified atom stereocenters. The minimum Gasteiger partial charge on any atom is -0.497 e. The number of benzene rings is 1. The van der Waals surface area contributed by atoms with Gasteiger partial charge in [0.25, 0.3) is 0 Å². The largest absolute Gasteiger partial charge is 0.497 e. The number of nitrogens with one attached hydrogen (secondary N) is 1. The van der Waals surface area contributed by atoms with Gasteiger partial charge in [-0.3, -0.25) is 4.79 Å². The van der Waals surface area contributed by atoms with Crippen LogP contribution < -0.4 is 14.8 Å². The van der Waals surface area contributed by atoms with Gasteiger partial charge in [-0.2, -0.15) is 5.26 Å². The molecule has 0 aliphatic carbocycles. The number of hydrogen-bond acceptors (Lipinski definition) is 4. The lowest BCUT2D eigenvalue weighted by Crippen LogP contribution is -2.21. The number of carbonyl (C=O) groups is 1. The van der Waals surface area contributed by atoms with Gasteiger partial charge in [-0.15, -0.1) is 0 Å². The standard InChI is InChI=1S/C14H18N2O3/c1-4-5-10(9-15)14(17)16-12-8-11(18-2)6-7-13(12)19-3/h6-8,10H,4-5H2,1-3H3,(H,16,17). The van der Waals surface area contributed by atoms with Crippen LogP contribution in [0.15, 0.2) is 18.2 Å². The molecule has 1 rings (SSSR count). The monoisotopic (exact) mass is 262 g/mol. The van der Waals surface area contributed by atoms with Crippen LogP contribution >= 0.6 is 0 Å². The van der Waals surface area contributed by atoms with E-state index in [2.05, 4.69) is 5.32 Å². The molecular formula is C14H18N2O3. The predicted octanol–water partition coefficient (Wildman–Crippen LogP) is 2.58. The quantitative estimate of drug-likeness (QED) is 0.855. The van der Waals surface area contributed by atoms with Gasteiger partial charge in [-0.1, -0.05) is 13.3 Å². The molecule has 1 N–H and O–H groups in total. The van der Waals surface area contributed by atoms with Gasteiger partial charge in [-0.25, -0.2) is 0 Å². The lowest BCUT2D eigenvalue weighted by Gasteiger charge is -2.13. The number of nitrogens with zero attached hydrogens (tertiary/aromatic N) is 1. The van der Waals surface area contributed by atoms with Gasteiger partial charge >= 0.3 is 0 Å². The van der Waals surface area contributed by atoms with Crippen molar-refractivity contribution < 1.29 is 14.3 Å². The van der Waals surface area contributed by atoms with E-state index in [1.54, 1.807) is 25.3 Å². The Labute approximate surface area is 113 Å². The van der Waals surface area contributed by atoms with Crippen molar-refractivity contribution in [3.63, 3.8) is 0 Å². The zero-order chi connectivity index (χ0) is 14.3. The number of hydrogen-bond donors (Lipinski definition) is 1. The minimum absolute atomic E-state index is 0.323. The molecule has 102 valence electrons. The summed E-state index contributed by atoms with van der Waals surface area (Å²) in [4.78, 5) is 12.0. The molecule has 0 saturated heterocycles. The Morgan fingerprint density at radius 3 is 2.68 bits per heavy atom. The first-order valence-corrected chi connectivity index (χ1v) is 6.08. The third-order valence-electron chi connectivity index (χ3n) is 2.71. The van der Waals surface area contributed by atoms with Crippen LogP contribution in [0.3, 0.4) is 0 Å². The molecule has 5 heteroatoms. The summed E-state index contributed by atoms with van der Waals surface area (Å²) in [6, 6.07) is 7.11. The van der Waals surface area contributed by atoms with Crippen LogP contribution in [0.5, 0.6) is 11.5 Å². The second-order valence-electron chi connectivity index (χ2n) is 4.03. The maximum Gasteiger partial charge on any atom is 0.241 e. The number of nitriles is 1. The van der Waals surface area contributed by atoms with Crippen LogP contribution in [0.2, 0.25) is 0 Å². The highest BCUT2D eigenvalue weighted by molar-refractivity contribution is 5.95. The van der Waals surface area contributed by atoms with Crippen molar-refractivity contribution in [2.45, 2.75) is 19.8 Å². The number of carbonyl (C=O) groups excluding carboxylic acids is 1. The van der Waals surface area contributed by atoms with E-state index in [9.17, 15) is 4.79 Å². The highest BCUT2D eigenvalue weighted by Gasteiger charge is 2.18. The summed E-state index contributed by atoms with van der Waals surface area (Å²) >= 11 is 0. The fourth-order valence-electron chi connectivity index (χ4n) is 1.67. The molecule has 0 radical (unpaired) electrons. The molecule has 0 bridgehead atoms. The molecule has 1 atom stereocenters. The molecule has 0 spiro atoms. The van der Waals surface area contributed by atoms with Gasteiger partial charge in [-0.05, 0) is 18.6 Å². The fraction of sp³-hybridized carbons (Fsp3) is 0.429. The Balaban J connectivity index is 2.91. The predicted molar refractivity (Wildman–Crippen MR) is 72.2 cm³/mol. The summed E-state index contributed by atoms with van der Waals surface area (Å²) in [6.45, 7) is 1.93. The van der Waals surface area contributed by atoms with Gasteiger partial charge in [0.1, 0.15) is 17.4 Å². The van der Waals surface area contributed by atoms with Gasteiger partial charge in [0, 0.05) is 6.07 Å². The van der Waals surface area contributed by atoms with E-state index in [0.29, 0.717) is 23.6 Å². The van der Waals surface area contributed by atoms with Crippen LogP contribution in [-0.2, 0) is 4.79 Å². The SMILES string of the molecule is CCCC(C#N)C(=O)Nc1cc(OC)ccc1OC. The van der Waals surface area contributed by atoms with Crippen LogP contribution in [0.4, 0.5) is 5.69 Å². The van der Waals surface area contributed by atoms with E-state index in [4.69, 9.17) is 14.7 Å². The highest BCUT2D eigenvalue weighted by atomic mass is 16.5. The molecule has 0 aliphatic rings. The zero-order valence-electron chi connectivity index (χ0n) is 11.4. The second-order valence-corrected chi connectivity index (χ2v) is 4.03. The molecule has 0 fully saturated rings. The lowest BCUT2D eigenvalue weighted by molar-refractivity contribution is -0.118. The van der Waals surface area contributed by atoms with Gasteiger partial charge < -0.3 is 14.8 Å². The number of anilines is 1. The van der Waals surface area contributed by atoms with Crippen molar-refractivity contribution >= 4 is 11.6 Å². The summed E-state index contributed by atoms with van der Waals surface area (Å²) in [5.41, 5.74) is 0.503. The number of ether oxygens (including phenoxy) is 2. The molecular weight excluding hydrogens is 244 g/mol. The van der Waals surface area contributed by atoms with Gasteiger partial charge in [0.2, 0.25) is 5.91 Å². The molecule has 0 saturated carbocycles. The van der Waals surface area contributed by atoms with E-state index < -0.39 is 5.92 Å². The topological polar surface area (TPSA) is 71.4 Å². The van der Waals surface area contributed by atoms with Crippen LogP contribution in [0, 0.1) is 17.2 Å². The summed E-state index contributed by atoms with van der Waals surface area (Å²) in [6.07, 6.45) is 1.31. The Hall–Kier alpha value is -2.22. The minimum atomic E-state index is -0.652. The smallest absolute Gasteiger partial charge is 0.241 e. The van der Waals surface area contributed by atoms with Crippen molar-refractivity contribution in [2.75, 3.05) is 19.5 Å². The number of methoxy groups -OCH3 is 2. The first-order chi connectivity index (χ1) is 9.15. The Morgan fingerprint density at radius 1 is 1.42 bits per heavy atom. The van der Waals surface area contributed by atoms with Crippen molar-refractivity contribution in [1.29, 1.82) is 5.26 Å². The number of amides is 1. The van der Waals surface area contributed by atoms with E-state index in [0.717, 1.165) is 6.42 Å². The first-order valence-electron chi connectivity index (χ1n) is 6.08. The molecule has 0 aromatic heterocycles. The average molecular weight is 262 g/mol. The maximum absolute atomic E-state index is 12.0. The third-order valence-corrected chi connectivity index (χ3v) is 2.71. The van der Waals surface area contributed by atoms with Crippen LogP contribution in [0.25, 0.3) is 0 Å². The lowest BCUT2D eigenvalue weighted by atomic mass is 10.0. The zero-order valence-corrected chi connectivity index (χ0v) is 11.4. The maximum atomic E-state index is 12.0. The van der Waals surface area contributed by atoms with Crippen LogP contribution in [-0.4, -0.2) is 20.1 Å². The molecule has 0 aliphatic heterocycles. The fourth-order valence-corrected chi connectivity index (χ4v) is 1.67.